The number of rotatable bonds is 7. The van der Waals surface area contributed by atoms with Gasteiger partial charge >= 0.3 is 0 Å². The zero-order valence-corrected chi connectivity index (χ0v) is 19.3. The summed E-state index contributed by atoms with van der Waals surface area (Å²) < 4.78 is 5.14. The van der Waals surface area contributed by atoms with E-state index in [0.29, 0.717) is 17.3 Å². The van der Waals surface area contributed by atoms with Gasteiger partial charge in [0.25, 0.3) is 17.3 Å². The number of benzene rings is 2. The van der Waals surface area contributed by atoms with Gasteiger partial charge in [-0.25, -0.2) is 0 Å². The lowest BCUT2D eigenvalue weighted by atomic mass is 10.0. The number of methoxy groups -OCH3 is 1. The Labute approximate surface area is 201 Å². The lowest BCUT2D eigenvalue weighted by Crippen LogP contribution is -2.24. The summed E-state index contributed by atoms with van der Waals surface area (Å²) in [6, 6.07) is 8.86. The molecule has 1 aliphatic heterocycles. The second-order valence-electron chi connectivity index (χ2n) is 7.65. The minimum Gasteiger partial charge on any atom is -0.497 e. The van der Waals surface area contributed by atoms with Crippen LogP contribution in [0.2, 0.25) is 0 Å². The van der Waals surface area contributed by atoms with Crippen LogP contribution >= 0.6 is 11.3 Å². The Morgan fingerprint density at radius 1 is 1.17 bits per heavy atom. The van der Waals surface area contributed by atoms with E-state index in [1.807, 2.05) is 0 Å². The number of hydrogen-bond donors (Lipinski definition) is 1. The molecule has 1 aliphatic rings. The summed E-state index contributed by atoms with van der Waals surface area (Å²) in [6.07, 6.45) is 0.213. The number of carbonyl (C=O) groups excluding carboxylic acids is 2. The molecule has 2 heterocycles. The van der Waals surface area contributed by atoms with Gasteiger partial charge in [0.1, 0.15) is 10.8 Å². The Hall–Kier alpha value is -4.46. The number of ether oxygens (including phenoxy) is 1. The molecule has 0 radical (unpaired) electrons. The normalized spacial score (nSPS) is 15.2. The van der Waals surface area contributed by atoms with Crippen molar-refractivity contribution < 1.29 is 24.2 Å². The Kier molecular flexibility index (Phi) is 6.38. The molecular formula is C21H18N6O7S. The summed E-state index contributed by atoms with van der Waals surface area (Å²) in [5, 5.41) is 33.6. The summed E-state index contributed by atoms with van der Waals surface area (Å²) in [5.74, 6) is -0.445. The molecule has 1 fully saturated rings. The maximum atomic E-state index is 12.8. The van der Waals surface area contributed by atoms with Gasteiger partial charge in [0.15, 0.2) is 0 Å². The van der Waals surface area contributed by atoms with Crippen LogP contribution in [-0.4, -0.2) is 45.5 Å². The van der Waals surface area contributed by atoms with Crippen molar-refractivity contribution in [3.8, 4) is 5.75 Å². The third-order valence-electron chi connectivity index (χ3n) is 5.54. The molecule has 1 N–H and O–H groups in total. The van der Waals surface area contributed by atoms with E-state index in [0.717, 1.165) is 29.2 Å². The molecular weight excluding hydrogens is 480 g/mol. The first kappa shape index (κ1) is 23.7. The second-order valence-corrected chi connectivity index (χ2v) is 8.66. The quantitative estimate of drug-likeness (QED) is 0.378. The molecule has 1 atom stereocenters. The number of anilines is 2. The number of carbonyl (C=O) groups is 2. The van der Waals surface area contributed by atoms with Gasteiger partial charge in [-0.15, -0.1) is 10.2 Å². The van der Waals surface area contributed by atoms with Gasteiger partial charge < -0.3 is 9.64 Å². The monoisotopic (exact) mass is 498 g/mol. The van der Waals surface area contributed by atoms with E-state index in [9.17, 15) is 29.8 Å². The van der Waals surface area contributed by atoms with Crippen molar-refractivity contribution >= 4 is 45.3 Å². The van der Waals surface area contributed by atoms with Gasteiger partial charge in [-0.2, -0.15) is 0 Å². The van der Waals surface area contributed by atoms with Crippen molar-refractivity contribution in [1.82, 2.24) is 10.2 Å². The molecule has 180 valence electrons. The molecule has 13 nitrogen and oxygen atoms in total. The molecule has 0 saturated carbocycles. The van der Waals surface area contributed by atoms with Crippen LogP contribution in [0.5, 0.6) is 5.75 Å². The van der Waals surface area contributed by atoms with E-state index in [1.54, 1.807) is 36.3 Å². The Morgan fingerprint density at radius 2 is 1.89 bits per heavy atom. The number of amides is 2. The molecule has 0 aliphatic carbocycles. The molecule has 35 heavy (non-hydrogen) atoms. The van der Waals surface area contributed by atoms with Crippen molar-refractivity contribution in [2.75, 3.05) is 23.9 Å². The lowest BCUT2D eigenvalue weighted by molar-refractivity contribution is -0.394. The van der Waals surface area contributed by atoms with Crippen LogP contribution in [-0.2, 0) is 4.79 Å². The van der Waals surface area contributed by atoms with E-state index in [2.05, 4.69) is 15.5 Å². The van der Waals surface area contributed by atoms with Crippen LogP contribution in [0, 0.1) is 27.2 Å². The fourth-order valence-corrected chi connectivity index (χ4v) is 4.54. The zero-order chi connectivity index (χ0) is 25.3. The predicted molar refractivity (Wildman–Crippen MR) is 125 cm³/mol. The Balaban J connectivity index is 1.51. The van der Waals surface area contributed by atoms with Gasteiger partial charge in [0.05, 0.1) is 28.6 Å². The Morgan fingerprint density at radius 3 is 2.51 bits per heavy atom. The molecule has 0 bridgehead atoms. The van der Waals surface area contributed by atoms with Crippen LogP contribution in [0.1, 0.15) is 33.3 Å². The number of non-ortho nitro benzene ring substituents is 1. The summed E-state index contributed by atoms with van der Waals surface area (Å²) in [5.41, 5.74) is -0.623. The summed E-state index contributed by atoms with van der Waals surface area (Å²) in [4.78, 5) is 47.8. The van der Waals surface area contributed by atoms with E-state index < -0.39 is 27.1 Å². The third-order valence-corrected chi connectivity index (χ3v) is 6.54. The van der Waals surface area contributed by atoms with Crippen molar-refractivity contribution in [2.24, 2.45) is 0 Å². The molecule has 0 spiro atoms. The van der Waals surface area contributed by atoms with Gasteiger partial charge in [0.2, 0.25) is 11.0 Å². The smallest absolute Gasteiger partial charge is 0.279 e. The van der Waals surface area contributed by atoms with Crippen molar-refractivity contribution in [3.63, 3.8) is 0 Å². The number of aromatic nitrogens is 2. The maximum absolute atomic E-state index is 12.8. The SMILES string of the molecule is COc1ccc(N2CC(c3nnc(NC(=O)c4cc([N+](=O)[O-])cc([N+](=O)[O-])c4C)s3)CC2=O)cc1. The number of nitro benzene ring substituents is 2. The maximum Gasteiger partial charge on any atom is 0.279 e. The molecule has 3 aromatic rings. The average Bonchev–Trinajstić information content (AvgIpc) is 3.45. The van der Waals surface area contributed by atoms with Gasteiger partial charge in [-0.3, -0.25) is 35.1 Å². The standard InChI is InChI=1S/C21H18N6O7S/c1-11-16(8-14(26(30)31)9-17(11)27(32)33)19(29)22-21-24-23-20(35-21)12-7-18(28)25(10-12)13-3-5-15(34-2)6-4-13/h3-6,8-9,12H,7,10H2,1-2H3,(H,22,24,29). The van der Waals surface area contributed by atoms with Crippen LogP contribution < -0.4 is 15.0 Å². The highest BCUT2D eigenvalue weighted by molar-refractivity contribution is 7.15. The Bertz CT molecular complexity index is 1340. The van der Waals surface area contributed by atoms with Gasteiger partial charge in [0, 0.05) is 36.2 Å². The predicted octanol–water partition coefficient (Wildman–Crippen LogP) is 3.44. The third kappa shape index (κ3) is 4.77. The number of hydrogen-bond acceptors (Lipinski definition) is 10. The fraction of sp³-hybridized carbons (Fsp3) is 0.238. The number of nitro groups is 2. The lowest BCUT2D eigenvalue weighted by Gasteiger charge is -2.16. The summed E-state index contributed by atoms with van der Waals surface area (Å²) in [7, 11) is 1.56. The highest BCUT2D eigenvalue weighted by Crippen LogP contribution is 2.35. The zero-order valence-electron chi connectivity index (χ0n) is 18.5. The largest absolute Gasteiger partial charge is 0.497 e. The minimum absolute atomic E-state index is 0.0145. The van der Waals surface area contributed by atoms with E-state index in [4.69, 9.17) is 4.74 Å². The van der Waals surface area contributed by atoms with Crippen molar-refractivity contribution in [2.45, 2.75) is 19.3 Å². The van der Waals surface area contributed by atoms with E-state index >= 15 is 0 Å². The van der Waals surface area contributed by atoms with Crippen LogP contribution in [0.3, 0.4) is 0 Å². The van der Waals surface area contributed by atoms with E-state index in [1.165, 1.54) is 6.92 Å². The average molecular weight is 498 g/mol. The number of nitrogens with one attached hydrogen (secondary N) is 1. The molecule has 2 amide bonds. The molecule has 1 aromatic heterocycles. The van der Waals surface area contributed by atoms with Crippen LogP contribution in [0.15, 0.2) is 36.4 Å². The molecule has 14 heteroatoms. The molecule has 1 unspecified atom stereocenters. The molecule has 2 aromatic carbocycles. The van der Waals surface area contributed by atoms with Gasteiger partial charge in [-0.1, -0.05) is 11.3 Å². The number of nitrogens with zero attached hydrogens (tertiary/aromatic N) is 5. The molecule has 1 saturated heterocycles. The van der Waals surface area contributed by atoms with Gasteiger partial charge in [-0.05, 0) is 31.2 Å². The van der Waals surface area contributed by atoms with Crippen LogP contribution in [0.4, 0.5) is 22.2 Å². The first-order valence-electron chi connectivity index (χ1n) is 10.2. The minimum atomic E-state index is -0.808. The van der Waals surface area contributed by atoms with Crippen molar-refractivity contribution in [1.29, 1.82) is 0 Å². The highest BCUT2D eigenvalue weighted by Gasteiger charge is 2.34. The van der Waals surface area contributed by atoms with E-state index in [-0.39, 0.29) is 34.5 Å². The first-order chi connectivity index (χ1) is 16.7. The van der Waals surface area contributed by atoms with Crippen molar-refractivity contribution in [3.05, 3.63) is 72.8 Å². The fourth-order valence-electron chi connectivity index (χ4n) is 3.71. The first-order valence-corrected chi connectivity index (χ1v) is 11.0. The molecule has 4 rings (SSSR count). The summed E-state index contributed by atoms with van der Waals surface area (Å²) in [6.45, 7) is 1.71. The van der Waals surface area contributed by atoms with Crippen LogP contribution in [0.25, 0.3) is 0 Å². The summed E-state index contributed by atoms with van der Waals surface area (Å²) >= 11 is 1.06. The highest BCUT2D eigenvalue weighted by atomic mass is 32.1. The second kappa shape index (κ2) is 9.42. The topological polar surface area (TPSA) is 171 Å².